The quantitative estimate of drug-likeness (QED) is 0.894. The average Bonchev–Trinajstić information content (AvgIpc) is 2.35. The number of benzene rings is 1. The van der Waals surface area contributed by atoms with Crippen LogP contribution in [-0.4, -0.2) is 24.8 Å². The first kappa shape index (κ1) is 16.1. The van der Waals surface area contributed by atoms with Crippen LogP contribution in [0, 0.1) is 0 Å². The van der Waals surface area contributed by atoms with Gasteiger partial charge in [-0.3, -0.25) is 0 Å². The zero-order valence-electron chi connectivity index (χ0n) is 12.6. The standard InChI is InChI=1S/C16H23NO3/c1-5-19-14-10-8-13(9-11-14)7-6-12-17-15(18)20-16(2,3)4/h6-11H,5,12H2,1-4H3,(H,17,18). The fourth-order valence-electron chi connectivity index (χ4n) is 1.49. The first-order chi connectivity index (χ1) is 9.40. The van der Waals surface area contributed by atoms with Crippen LogP contribution in [-0.2, 0) is 4.74 Å². The predicted molar refractivity (Wildman–Crippen MR) is 80.9 cm³/mol. The number of carbonyl (C=O) groups excluding carboxylic acids is 1. The van der Waals surface area contributed by atoms with Gasteiger partial charge in [-0.1, -0.05) is 24.3 Å². The van der Waals surface area contributed by atoms with Crippen molar-refractivity contribution < 1.29 is 14.3 Å². The normalized spacial score (nSPS) is 11.4. The molecule has 1 N–H and O–H groups in total. The van der Waals surface area contributed by atoms with Crippen LogP contribution in [0.3, 0.4) is 0 Å². The molecule has 1 aromatic carbocycles. The molecule has 0 saturated carbocycles. The van der Waals surface area contributed by atoms with Gasteiger partial charge in [0, 0.05) is 6.54 Å². The van der Waals surface area contributed by atoms with Gasteiger partial charge in [0.2, 0.25) is 0 Å². The highest BCUT2D eigenvalue weighted by molar-refractivity contribution is 5.68. The Morgan fingerprint density at radius 2 is 1.90 bits per heavy atom. The molecule has 0 aliphatic rings. The summed E-state index contributed by atoms with van der Waals surface area (Å²) in [6.45, 7) is 8.56. The Morgan fingerprint density at radius 3 is 2.45 bits per heavy atom. The molecule has 0 saturated heterocycles. The SMILES string of the molecule is CCOc1ccc(C=CCNC(=O)OC(C)(C)C)cc1. The number of nitrogens with one attached hydrogen (secondary N) is 1. The summed E-state index contributed by atoms with van der Waals surface area (Å²) in [6, 6.07) is 7.78. The molecule has 1 rings (SSSR count). The molecule has 110 valence electrons. The largest absolute Gasteiger partial charge is 0.494 e. The van der Waals surface area contributed by atoms with Crippen LogP contribution in [0.4, 0.5) is 4.79 Å². The van der Waals surface area contributed by atoms with E-state index in [4.69, 9.17) is 9.47 Å². The van der Waals surface area contributed by atoms with Gasteiger partial charge in [0.1, 0.15) is 11.4 Å². The summed E-state index contributed by atoms with van der Waals surface area (Å²) in [6.07, 6.45) is 3.40. The number of amides is 1. The molecule has 0 bridgehead atoms. The lowest BCUT2D eigenvalue weighted by atomic mass is 10.2. The van der Waals surface area contributed by atoms with Gasteiger partial charge in [0.05, 0.1) is 6.61 Å². The average molecular weight is 277 g/mol. The number of rotatable bonds is 5. The van der Waals surface area contributed by atoms with Crippen molar-refractivity contribution in [1.29, 1.82) is 0 Å². The molecule has 20 heavy (non-hydrogen) atoms. The van der Waals surface area contributed by atoms with Crippen LogP contribution >= 0.6 is 0 Å². The minimum atomic E-state index is -0.469. The zero-order valence-corrected chi connectivity index (χ0v) is 12.6. The van der Waals surface area contributed by atoms with Crippen molar-refractivity contribution in [3.8, 4) is 5.75 Å². The summed E-state index contributed by atoms with van der Waals surface area (Å²) in [7, 11) is 0. The fourth-order valence-corrected chi connectivity index (χ4v) is 1.49. The second-order valence-electron chi connectivity index (χ2n) is 5.29. The molecule has 0 aliphatic heterocycles. The Labute approximate surface area is 120 Å². The molecular weight excluding hydrogens is 254 g/mol. The van der Waals surface area contributed by atoms with E-state index in [0.29, 0.717) is 13.2 Å². The van der Waals surface area contributed by atoms with Crippen molar-refractivity contribution in [2.75, 3.05) is 13.2 Å². The summed E-state index contributed by atoms with van der Waals surface area (Å²) in [4.78, 5) is 11.4. The summed E-state index contributed by atoms with van der Waals surface area (Å²) in [5.41, 5.74) is 0.586. The summed E-state index contributed by atoms with van der Waals surface area (Å²) in [5.74, 6) is 0.858. The van der Waals surface area contributed by atoms with E-state index in [-0.39, 0.29) is 0 Å². The Hall–Kier alpha value is -1.97. The topological polar surface area (TPSA) is 47.6 Å². The summed E-state index contributed by atoms with van der Waals surface area (Å²) < 4.78 is 10.5. The number of ether oxygens (including phenoxy) is 2. The van der Waals surface area contributed by atoms with Gasteiger partial charge in [-0.25, -0.2) is 4.79 Å². The number of hydrogen-bond acceptors (Lipinski definition) is 3. The third-order valence-corrected chi connectivity index (χ3v) is 2.26. The first-order valence-electron chi connectivity index (χ1n) is 6.77. The molecule has 0 atom stereocenters. The smallest absolute Gasteiger partial charge is 0.407 e. The van der Waals surface area contributed by atoms with Crippen LogP contribution in [0.15, 0.2) is 30.3 Å². The lowest BCUT2D eigenvalue weighted by molar-refractivity contribution is 0.0534. The highest BCUT2D eigenvalue weighted by Crippen LogP contribution is 2.12. The lowest BCUT2D eigenvalue weighted by Gasteiger charge is -2.19. The number of carbonyl (C=O) groups is 1. The van der Waals surface area contributed by atoms with Gasteiger partial charge in [0.25, 0.3) is 0 Å². The van der Waals surface area contributed by atoms with Gasteiger partial charge in [-0.05, 0) is 45.4 Å². The molecular formula is C16H23NO3. The molecule has 0 aliphatic carbocycles. The number of hydrogen-bond donors (Lipinski definition) is 1. The van der Waals surface area contributed by atoms with Crippen LogP contribution < -0.4 is 10.1 Å². The van der Waals surface area contributed by atoms with E-state index in [1.165, 1.54) is 0 Å². The summed E-state index contributed by atoms with van der Waals surface area (Å²) >= 11 is 0. The van der Waals surface area contributed by atoms with Crippen molar-refractivity contribution in [1.82, 2.24) is 5.32 Å². The van der Waals surface area contributed by atoms with Crippen LogP contribution in [0.2, 0.25) is 0 Å². The third-order valence-electron chi connectivity index (χ3n) is 2.26. The van der Waals surface area contributed by atoms with Crippen molar-refractivity contribution in [2.45, 2.75) is 33.3 Å². The highest BCUT2D eigenvalue weighted by atomic mass is 16.6. The van der Waals surface area contributed by atoms with E-state index in [1.54, 1.807) is 0 Å². The van der Waals surface area contributed by atoms with Crippen molar-refractivity contribution in [2.24, 2.45) is 0 Å². The molecule has 1 aromatic rings. The number of alkyl carbamates (subject to hydrolysis) is 1. The van der Waals surface area contributed by atoms with E-state index < -0.39 is 11.7 Å². The van der Waals surface area contributed by atoms with Crippen LogP contribution in [0.5, 0.6) is 5.75 Å². The Balaban J connectivity index is 2.36. The van der Waals surface area contributed by atoms with E-state index in [1.807, 2.05) is 64.1 Å². The van der Waals surface area contributed by atoms with Gasteiger partial charge in [0.15, 0.2) is 0 Å². The van der Waals surface area contributed by atoms with Gasteiger partial charge in [-0.2, -0.15) is 0 Å². The zero-order chi connectivity index (χ0) is 15.0. The van der Waals surface area contributed by atoms with E-state index in [0.717, 1.165) is 11.3 Å². The molecule has 4 nitrogen and oxygen atoms in total. The Kier molecular flexibility index (Phi) is 6.10. The second-order valence-corrected chi connectivity index (χ2v) is 5.29. The minimum absolute atomic E-state index is 0.408. The van der Waals surface area contributed by atoms with Gasteiger partial charge >= 0.3 is 6.09 Å². The van der Waals surface area contributed by atoms with Gasteiger partial charge < -0.3 is 14.8 Å². The maximum absolute atomic E-state index is 11.4. The van der Waals surface area contributed by atoms with Crippen LogP contribution in [0.25, 0.3) is 6.08 Å². The molecule has 0 heterocycles. The van der Waals surface area contributed by atoms with Crippen molar-refractivity contribution in [3.05, 3.63) is 35.9 Å². The molecule has 0 spiro atoms. The predicted octanol–water partition coefficient (Wildman–Crippen LogP) is 3.62. The van der Waals surface area contributed by atoms with E-state index in [9.17, 15) is 4.79 Å². The molecule has 0 aromatic heterocycles. The van der Waals surface area contributed by atoms with E-state index >= 15 is 0 Å². The second kappa shape index (κ2) is 7.58. The van der Waals surface area contributed by atoms with Crippen molar-refractivity contribution in [3.63, 3.8) is 0 Å². The fraction of sp³-hybridized carbons (Fsp3) is 0.438. The molecule has 0 fully saturated rings. The monoisotopic (exact) mass is 277 g/mol. The molecule has 4 heteroatoms. The van der Waals surface area contributed by atoms with Crippen LogP contribution in [0.1, 0.15) is 33.3 Å². The van der Waals surface area contributed by atoms with Crippen molar-refractivity contribution >= 4 is 12.2 Å². The summed E-state index contributed by atoms with van der Waals surface area (Å²) in [5, 5.41) is 2.67. The molecule has 0 radical (unpaired) electrons. The Morgan fingerprint density at radius 1 is 1.25 bits per heavy atom. The molecule has 0 unspecified atom stereocenters. The maximum atomic E-state index is 11.4. The Bertz CT molecular complexity index is 444. The van der Waals surface area contributed by atoms with E-state index in [2.05, 4.69) is 5.32 Å². The minimum Gasteiger partial charge on any atom is -0.494 e. The maximum Gasteiger partial charge on any atom is 0.407 e. The highest BCUT2D eigenvalue weighted by Gasteiger charge is 2.14. The third kappa shape index (κ3) is 6.83. The lowest BCUT2D eigenvalue weighted by Crippen LogP contribution is -2.32. The first-order valence-corrected chi connectivity index (χ1v) is 6.77. The van der Waals surface area contributed by atoms with Gasteiger partial charge in [-0.15, -0.1) is 0 Å². The molecule has 1 amide bonds.